The first-order chi connectivity index (χ1) is 22.6. The van der Waals surface area contributed by atoms with Gasteiger partial charge in [-0.25, -0.2) is 4.79 Å². The lowest BCUT2D eigenvalue weighted by Crippen LogP contribution is -2.60. The van der Waals surface area contributed by atoms with Gasteiger partial charge in [-0.05, 0) is 73.1 Å². The van der Waals surface area contributed by atoms with Gasteiger partial charge in [-0.2, -0.15) is 0 Å². The minimum absolute atomic E-state index is 0.0394. The number of carboxylic acid groups (broad SMARTS) is 1. The smallest absolute Gasteiger partial charge is 0.407 e. The highest BCUT2D eigenvalue weighted by atomic mass is 28.4. The van der Waals surface area contributed by atoms with Crippen LogP contribution in [0, 0.1) is 5.92 Å². The van der Waals surface area contributed by atoms with E-state index in [2.05, 4.69) is 61.7 Å². The van der Waals surface area contributed by atoms with E-state index in [1.165, 1.54) is 4.90 Å². The van der Waals surface area contributed by atoms with Gasteiger partial charge in [0.15, 0.2) is 0 Å². The molecule has 0 spiro atoms. The van der Waals surface area contributed by atoms with Gasteiger partial charge >= 0.3 is 6.09 Å². The van der Waals surface area contributed by atoms with Crippen molar-refractivity contribution in [3.8, 4) is 5.75 Å². The van der Waals surface area contributed by atoms with E-state index in [1.54, 1.807) is 14.2 Å². The van der Waals surface area contributed by atoms with Gasteiger partial charge in [0.2, 0.25) is 5.91 Å². The van der Waals surface area contributed by atoms with Crippen LogP contribution in [0.5, 0.6) is 5.75 Å². The Morgan fingerprint density at radius 2 is 1.60 bits per heavy atom. The first-order valence-electron chi connectivity index (χ1n) is 17.2. The molecule has 1 aliphatic carbocycles. The van der Waals surface area contributed by atoms with E-state index in [9.17, 15) is 19.8 Å². The molecule has 0 bridgehead atoms. The van der Waals surface area contributed by atoms with Gasteiger partial charge in [-0.15, -0.1) is 0 Å². The van der Waals surface area contributed by atoms with Gasteiger partial charge in [0.1, 0.15) is 34.4 Å². The minimum Gasteiger partial charge on any atom is -0.491 e. The second-order valence-corrected chi connectivity index (χ2v) is 25.3. The quantitative estimate of drug-likeness (QED) is 0.159. The van der Waals surface area contributed by atoms with Crippen LogP contribution in [0.1, 0.15) is 42.4 Å². The predicted octanol–water partition coefficient (Wildman–Crippen LogP) is 6.15. The lowest BCUT2D eigenvalue weighted by atomic mass is 9.75. The van der Waals surface area contributed by atoms with E-state index in [0.29, 0.717) is 31.9 Å². The molecule has 4 rings (SSSR count). The minimum atomic E-state index is -1.80. The predicted molar refractivity (Wildman–Crippen MR) is 195 cm³/mol. The molecule has 1 saturated heterocycles. The Bertz CT molecular complexity index is 1370. The van der Waals surface area contributed by atoms with Crippen LogP contribution in [0.15, 0.2) is 42.5 Å². The third-order valence-electron chi connectivity index (χ3n) is 9.28. The summed E-state index contributed by atoms with van der Waals surface area (Å²) >= 11 is 0. The summed E-state index contributed by atoms with van der Waals surface area (Å²) < 4.78 is 19.1. The highest BCUT2D eigenvalue weighted by Gasteiger charge is 2.51. The van der Waals surface area contributed by atoms with Gasteiger partial charge in [-0.1, -0.05) is 57.5 Å². The average molecular weight is 700 g/mol. The van der Waals surface area contributed by atoms with Crippen molar-refractivity contribution in [2.45, 2.75) is 89.6 Å². The number of methoxy groups -OCH3 is 2. The number of aryl methyl sites for hydroxylation is 1. The zero-order valence-corrected chi connectivity index (χ0v) is 32.3. The van der Waals surface area contributed by atoms with Gasteiger partial charge < -0.3 is 38.5 Å². The molecule has 0 aromatic heterocycles. The van der Waals surface area contributed by atoms with Crippen molar-refractivity contribution < 1.29 is 34.0 Å². The Labute approximate surface area is 289 Å². The number of benzene rings is 2. The summed E-state index contributed by atoms with van der Waals surface area (Å²) in [5.41, 5.74) is 2.26. The molecule has 10 nitrogen and oxygen atoms in total. The fourth-order valence-corrected chi connectivity index (χ4v) is 17.2. The topological polar surface area (TPSA) is 112 Å². The number of nitrogens with zero attached hydrogens (tertiary/aromatic N) is 3. The Morgan fingerprint density at radius 1 is 0.938 bits per heavy atom. The summed E-state index contributed by atoms with van der Waals surface area (Å²) in [4.78, 5) is 30.1. The number of piperidine rings is 1. The van der Waals surface area contributed by atoms with Gasteiger partial charge in [0, 0.05) is 52.2 Å². The molecule has 12 heteroatoms. The number of hydrogen-bond acceptors (Lipinski definition) is 7. The molecule has 266 valence electrons. The van der Waals surface area contributed by atoms with Crippen molar-refractivity contribution in [3.05, 3.63) is 59.2 Å². The van der Waals surface area contributed by atoms with Gasteiger partial charge in [-0.3, -0.25) is 4.79 Å². The van der Waals surface area contributed by atoms with E-state index in [0.717, 1.165) is 48.2 Å². The lowest BCUT2D eigenvalue weighted by molar-refractivity contribution is -0.154. The fourth-order valence-electron chi connectivity index (χ4n) is 7.32. The zero-order chi connectivity index (χ0) is 35.3. The number of hydrogen-bond donors (Lipinski definition) is 2. The Hall–Kier alpha value is -2.91. The first-order valence-corrected chi connectivity index (χ1v) is 24.1. The van der Waals surface area contributed by atoms with Crippen molar-refractivity contribution in [1.29, 1.82) is 0 Å². The molecular weight excluding hydrogens is 643 g/mol. The Balaban J connectivity index is 1.71. The SMILES string of the molecule is COCCCc1cc(CN(C(=O)[C@H]2CN(C(=O)O)CC[C@]2(O)c2cccc(N([Si](C)(C)C)[Si](C)(C)C)c2)C2CC2)cc(OCCOC)c1. The van der Waals surface area contributed by atoms with Crippen LogP contribution in [0.3, 0.4) is 0 Å². The third-order valence-corrected chi connectivity index (χ3v) is 16.5. The molecule has 2 aromatic carbocycles. The van der Waals surface area contributed by atoms with Crippen LogP contribution >= 0.6 is 0 Å². The number of anilines is 1. The van der Waals surface area contributed by atoms with Crippen LogP contribution in [0.2, 0.25) is 39.3 Å². The molecule has 2 aromatic rings. The van der Waals surface area contributed by atoms with Crippen molar-refractivity contribution in [1.82, 2.24) is 9.80 Å². The number of carbonyl (C=O) groups is 2. The van der Waals surface area contributed by atoms with Crippen LogP contribution < -0.4 is 8.97 Å². The molecule has 1 saturated carbocycles. The summed E-state index contributed by atoms with van der Waals surface area (Å²) in [5, 5.41) is 22.6. The highest BCUT2D eigenvalue weighted by molar-refractivity contribution is 6.99. The summed E-state index contributed by atoms with van der Waals surface area (Å²) in [6.07, 6.45) is 2.48. The van der Waals surface area contributed by atoms with Crippen molar-refractivity contribution in [3.63, 3.8) is 0 Å². The molecular formula is C36H57N3O7Si2. The molecule has 2 N–H and O–H groups in total. The van der Waals surface area contributed by atoms with E-state index in [4.69, 9.17) is 14.2 Å². The maximum atomic E-state index is 14.8. The highest BCUT2D eigenvalue weighted by Crippen LogP contribution is 2.43. The van der Waals surface area contributed by atoms with E-state index >= 15 is 0 Å². The summed E-state index contributed by atoms with van der Waals surface area (Å²) in [5.74, 6) is -0.444. The number of rotatable bonds is 16. The second-order valence-electron chi connectivity index (χ2n) is 15.3. The molecule has 0 radical (unpaired) electrons. The molecule has 1 heterocycles. The summed E-state index contributed by atoms with van der Waals surface area (Å²) in [7, 11) is -0.262. The molecule has 2 aliphatic rings. The maximum absolute atomic E-state index is 14.8. The van der Waals surface area contributed by atoms with Crippen LogP contribution in [-0.4, -0.2) is 102 Å². The zero-order valence-electron chi connectivity index (χ0n) is 30.3. The van der Waals surface area contributed by atoms with E-state index < -0.39 is 34.1 Å². The molecule has 2 atom stereocenters. The molecule has 48 heavy (non-hydrogen) atoms. The Morgan fingerprint density at radius 3 is 2.21 bits per heavy atom. The second kappa shape index (κ2) is 15.8. The lowest BCUT2D eigenvalue weighted by Gasteiger charge is -2.47. The van der Waals surface area contributed by atoms with Crippen molar-refractivity contribution in [2.24, 2.45) is 5.92 Å². The fraction of sp³-hybridized carbons (Fsp3) is 0.611. The van der Waals surface area contributed by atoms with Crippen LogP contribution in [0.4, 0.5) is 10.5 Å². The first kappa shape index (κ1) is 37.9. The van der Waals surface area contributed by atoms with Crippen LogP contribution in [0.25, 0.3) is 0 Å². The number of likely N-dealkylation sites (tertiary alicyclic amines) is 1. The molecule has 2 fully saturated rings. The summed E-state index contributed by atoms with van der Waals surface area (Å²) in [6.45, 7) is 15.9. The molecule has 1 aliphatic heterocycles. The maximum Gasteiger partial charge on any atom is 0.407 e. The monoisotopic (exact) mass is 699 g/mol. The van der Waals surface area contributed by atoms with Gasteiger partial charge in [0.05, 0.1) is 12.5 Å². The molecule has 2 amide bonds. The van der Waals surface area contributed by atoms with Crippen molar-refractivity contribution >= 4 is 34.2 Å². The standard InChI is InChI=1S/C36H57N3O7Si2/c1-44-18-10-11-27-21-28(23-32(22-27)46-20-19-45-2)25-38(30-14-15-30)34(40)33-26-37(35(41)42)17-16-36(33,43)29-12-9-13-31(24-29)39(47(3,4)5)48(6,7)8/h9,12-13,21-24,30,33,43H,10-11,14-20,25-26H2,1-8H3,(H,41,42)/t33-,36+/m1/s1. The normalized spacial score (nSPS) is 20.0. The van der Waals surface area contributed by atoms with Crippen molar-refractivity contribution in [2.75, 3.05) is 51.4 Å². The van der Waals surface area contributed by atoms with Crippen LogP contribution in [-0.2, 0) is 32.8 Å². The number of ether oxygens (including phenoxy) is 3. The number of aliphatic hydroxyl groups is 1. The van der Waals surface area contributed by atoms with E-state index in [-0.39, 0.29) is 31.5 Å². The van der Waals surface area contributed by atoms with Gasteiger partial charge in [0.25, 0.3) is 0 Å². The third kappa shape index (κ3) is 9.41. The average Bonchev–Trinajstić information content (AvgIpc) is 3.84. The van der Waals surface area contributed by atoms with E-state index in [1.807, 2.05) is 29.2 Å². The Kier molecular flexibility index (Phi) is 12.4. The number of carbonyl (C=O) groups excluding carboxylic acids is 1. The number of amides is 2. The molecule has 0 unspecified atom stereocenters. The largest absolute Gasteiger partial charge is 0.491 e. The summed E-state index contributed by atoms with van der Waals surface area (Å²) in [6, 6.07) is 14.2.